The van der Waals surface area contributed by atoms with Crippen LogP contribution in [0.1, 0.15) is 0 Å². The van der Waals surface area contributed by atoms with Gasteiger partial charge in [-0.15, -0.1) is 0 Å². The molecule has 7 nitrogen and oxygen atoms in total. The lowest BCUT2D eigenvalue weighted by atomic mass is 10.2. The number of rotatable bonds is 3. The summed E-state index contributed by atoms with van der Waals surface area (Å²) in [7, 11) is 1.64. The Bertz CT molecular complexity index is 906. The van der Waals surface area contributed by atoms with E-state index in [9.17, 15) is 9.60 Å². The third-order valence-electron chi connectivity index (χ3n) is 4.49. The maximum Gasteiger partial charge on any atom is 0.250 e. The van der Waals surface area contributed by atoms with Crippen LogP contribution in [-0.2, 0) is 0 Å². The van der Waals surface area contributed by atoms with Gasteiger partial charge >= 0.3 is 0 Å². The second kappa shape index (κ2) is 6.12. The summed E-state index contributed by atoms with van der Waals surface area (Å²) in [5, 5.41) is 15.0. The number of nitrogens with zero attached hydrogens (tertiary/aromatic N) is 4. The van der Waals surface area contributed by atoms with E-state index in [4.69, 9.17) is 4.74 Å². The summed E-state index contributed by atoms with van der Waals surface area (Å²) in [5.41, 5.74) is 1.96. The van der Waals surface area contributed by atoms with E-state index in [-0.39, 0.29) is 10.4 Å². The number of ether oxygens (including phenoxy) is 1. The number of hydrogen-bond acceptors (Lipinski definition) is 6. The summed E-state index contributed by atoms with van der Waals surface area (Å²) in [6, 6.07) is 10.6. The van der Waals surface area contributed by atoms with Crippen molar-refractivity contribution in [2.24, 2.45) is 0 Å². The molecule has 4 rings (SSSR count). The highest BCUT2D eigenvalue weighted by atomic mass is 19.1. The Morgan fingerprint density at radius 2 is 1.92 bits per heavy atom. The number of piperazine rings is 1. The van der Waals surface area contributed by atoms with E-state index in [0.29, 0.717) is 24.3 Å². The van der Waals surface area contributed by atoms with Crippen molar-refractivity contribution >= 4 is 22.4 Å². The lowest BCUT2D eigenvalue weighted by Crippen LogP contribution is -2.46. The summed E-state index contributed by atoms with van der Waals surface area (Å²) in [5.74, 6) is 0.364. The van der Waals surface area contributed by atoms with Crippen LogP contribution in [-0.4, -0.2) is 38.4 Å². The van der Waals surface area contributed by atoms with Gasteiger partial charge in [-0.25, -0.2) is 4.39 Å². The van der Waals surface area contributed by atoms with Gasteiger partial charge in [0.25, 0.3) is 5.52 Å². The molecule has 1 saturated heterocycles. The zero-order valence-electron chi connectivity index (χ0n) is 13.7. The minimum absolute atomic E-state index is 0.0938. The number of fused-ring (bicyclic) bond motifs is 1. The van der Waals surface area contributed by atoms with E-state index in [1.165, 1.54) is 6.07 Å². The first-order chi connectivity index (χ1) is 12.2. The van der Waals surface area contributed by atoms with Crippen LogP contribution in [0.25, 0.3) is 11.0 Å². The molecule has 0 unspecified atom stereocenters. The van der Waals surface area contributed by atoms with Gasteiger partial charge < -0.3 is 19.7 Å². The van der Waals surface area contributed by atoms with Crippen molar-refractivity contribution in [2.75, 3.05) is 43.1 Å². The van der Waals surface area contributed by atoms with Crippen molar-refractivity contribution < 1.29 is 18.7 Å². The monoisotopic (exact) mass is 344 g/mol. The van der Waals surface area contributed by atoms with E-state index in [0.717, 1.165) is 24.5 Å². The molecule has 0 aliphatic carbocycles. The van der Waals surface area contributed by atoms with Gasteiger partial charge in [0.15, 0.2) is 5.82 Å². The topological polar surface area (TPSA) is 68.7 Å². The molecule has 0 N–H and O–H groups in total. The summed E-state index contributed by atoms with van der Waals surface area (Å²) in [6.07, 6.45) is 0. The molecule has 8 heteroatoms. The highest BCUT2D eigenvalue weighted by molar-refractivity contribution is 5.76. The molecule has 0 saturated carbocycles. The molecule has 2 heterocycles. The zero-order chi connectivity index (χ0) is 17.4. The smallest absolute Gasteiger partial charge is 0.250 e. The van der Waals surface area contributed by atoms with E-state index in [1.807, 2.05) is 29.2 Å². The van der Waals surface area contributed by atoms with E-state index < -0.39 is 5.82 Å². The maximum atomic E-state index is 14.4. The SMILES string of the molecule is COc1cccc(N2CCN(c3cc4no[n+]([O-])c4cc3F)CC2)c1. The van der Waals surface area contributed by atoms with Crippen molar-refractivity contribution in [3.63, 3.8) is 0 Å². The zero-order valence-corrected chi connectivity index (χ0v) is 13.7. The summed E-state index contributed by atoms with van der Waals surface area (Å²) in [6.45, 7) is 2.83. The highest BCUT2D eigenvalue weighted by Crippen LogP contribution is 2.27. The molecule has 1 fully saturated rings. The van der Waals surface area contributed by atoms with Crippen LogP contribution in [0.2, 0.25) is 0 Å². The standard InChI is InChI=1S/C17H17FN4O3/c1-24-13-4-2-3-12(9-13)20-5-7-21(8-6-20)16-11-15-17(10-14(16)18)22(23)25-19-15/h2-4,9-11H,5-8H2,1H3. The van der Waals surface area contributed by atoms with Crippen molar-refractivity contribution in [3.8, 4) is 5.75 Å². The number of aromatic nitrogens is 2. The number of benzene rings is 2. The van der Waals surface area contributed by atoms with E-state index >= 15 is 0 Å². The average molecular weight is 344 g/mol. The molecule has 0 bridgehead atoms. The molecule has 130 valence electrons. The second-order valence-corrected chi connectivity index (χ2v) is 5.90. The van der Waals surface area contributed by atoms with Gasteiger partial charge in [0.1, 0.15) is 5.75 Å². The third-order valence-corrected chi connectivity index (χ3v) is 4.49. The molecular formula is C17H17FN4O3. The Kier molecular flexibility index (Phi) is 3.79. The lowest BCUT2D eigenvalue weighted by molar-refractivity contribution is -0.782. The van der Waals surface area contributed by atoms with Crippen LogP contribution in [0.4, 0.5) is 15.8 Å². The Morgan fingerprint density at radius 3 is 2.68 bits per heavy atom. The van der Waals surface area contributed by atoms with Gasteiger partial charge in [-0.1, -0.05) is 6.07 Å². The van der Waals surface area contributed by atoms with Crippen LogP contribution >= 0.6 is 0 Å². The summed E-state index contributed by atoms with van der Waals surface area (Å²) >= 11 is 0. The van der Waals surface area contributed by atoms with Crippen molar-refractivity contribution in [1.82, 2.24) is 5.16 Å². The molecule has 1 aliphatic rings. The Hall–Kier alpha value is -3.03. The van der Waals surface area contributed by atoms with Gasteiger partial charge in [-0.05, 0) is 17.0 Å². The molecular weight excluding hydrogens is 327 g/mol. The molecule has 0 radical (unpaired) electrons. The molecule has 1 aromatic heterocycles. The quantitative estimate of drug-likeness (QED) is 0.677. The predicted octanol–water partition coefficient (Wildman–Crippen LogP) is 1.94. The first-order valence-electron chi connectivity index (χ1n) is 7.98. The van der Waals surface area contributed by atoms with Crippen molar-refractivity contribution in [3.05, 3.63) is 47.4 Å². The molecule has 0 atom stereocenters. The fourth-order valence-corrected chi connectivity index (χ4v) is 3.14. The minimum Gasteiger partial charge on any atom is -0.497 e. The fourth-order valence-electron chi connectivity index (χ4n) is 3.14. The highest BCUT2D eigenvalue weighted by Gasteiger charge is 2.23. The van der Waals surface area contributed by atoms with Crippen LogP contribution < -0.4 is 19.4 Å². The second-order valence-electron chi connectivity index (χ2n) is 5.90. The van der Waals surface area contributed by atoms with Crippen LogP contribution in [0.15, 0.2) is 41.0 Å². The molecule has 0 amide bonds. The summed E-state index contributed by atoms with van der Waals surface area (Å²) < 4.78 is 24.2. The molecule has 3 aromatic rings. The number of methoxy groups -OCH3 is 1. The summed E-state index contributed by atoms with van der Waals surface area (Å²) in [4.78, 5) is 4.40. The van der Waals surface area contributed by atoms with Gasteiger partial charge in [-0.2, -0.15) is 0 Å². The van der Waals surface area contributed by atoms with Gasteiger partial charge in [0.05, 0.1) is 12.8 Å². The number of hydrogen-bond donors (Lipinski definition) is 0. The van der Waals surface area contributed by atoms with E-state index in [1.54, 1.807) is 13.2 Å². The lowest BCUT2D eigenvalue weighted by Gasteiger charge is -2.37. The largest absolute Gasteiger partial charge is 0.497 e. The molecule has 2 aromatic carbocycles. The normalized spacial score (nSPS) is 15.0. The molecule has 0 spiro atoms. The van der Waals surface area contributed by atoms with Gasteiger partial charge in [0.2, 0.25) is 5.52 Å². The van der Waals surface area contributed by atoms with E-state index in [2.05, 4.69) is 14.7 Å². The molecule has 25 heavy (non-hydrogen) atoms. The number of halogens is 1. The van der Waals surface area contributed by atoms with Crippen LogP contribution in [0.5, 0.6) is 5.75 Å². The van der Waals surface area contributed by atoms with Crippen molar-refractivity contribution in [1.29, 1.82) is 0 Å². The Balaban J connectivity index is 1.52. The van der Waals surface area contributed by atoms with Crippen LogP contribution in [0.3, 0.4) is 0 Å². The van der Waals surface area contributed by atoms with Crippen molar-refractivity contribution in [2.45, 2.75) is 0 Å². The minimum atomic E-state index is -0.449. The Labute approximate surface area is 143 Å². The fraction of sp³-hybridized carbons (Fsp3) is 0.294. The molecule has 1 aliphatic heterocycles. The van der Waals surface area contributed by atoms with Gasteiger partial charge in [-0.3, -0.25) is 4.63 Å². The first-order valence-corrected chi connectivity index (χ1v) is 7.98. The van der Waals surface area contributed by atoms with Crippen LogP contribution in [0, 0.1) is 11.0 Å². The first kappa shape index (κ1) is 15.5. The Morgan fingerprint density at radius 1 is 1.16 bits per heavy atom. The predicted molar refractivity (Wildman–Crippen MR) is 90.3 cm³/mol. The number of anilines is 2. The third kappa shape index (κ3) is 2.79. The average Bonchev–Trinajstić information content (AvgIpc) is 3.01. The van der Waals surface area contributed by atoms with Gasteiger partial charge in [0, 0.05) is 55.2 Å². The maximum absolute atomic E-state index is 14.4.